The summed E-state index contributed by atoms with van der Waals surface area (Å²) in [5, 5.41) is 7.77. The molecule has 1 atom stereocenters. The summed E-state index contributed by atoms with van der Waals surface area (Å²) in [6.07, 6.45) is 1.04. The molecule has 2 N–H and O–H groups in total. The van der Waals surface area contributed by atoms with Gasteiger partial charge in [0.25, 0.3) is 0 Å². The Morgan fingerprint density at radius 1 is 1.07 bits per heavy atom. The van der Waals surface area contributed by atoms with Gasteiger partial charge in [-0.1, -0.05) is 65.0 Å². The fourth-order valence-electron chi connectivity index (χ4n) is 2.73. The molecule has 0 fully saturated rings. The molecular formula is C22H30N2O2S. The topological polar surface area (TPSA) is 58.2 Å². The molecule has 1 heterocycles. The fourth-order valence-corrected chi connectivity index (χ4v) is 3.53. The minimum absolute atomic E-state index is 0.0244. The van der Waals surface area contributed by atoms with Gasteiger partial charge in [0.2, 0.25) is 11.8 Å². The number of benzene rings is 1. The summed E-state index contributed by atoms with van der Waals surface area (Å²) in [6.45, 7) is 9.86. The molecule has 0 aliphatic rings. The lowest BCUT2D eigenvalue weighted by atomic mass is 9.96. The minimum atomic E-state index is -0.514. The molecule has 0 saturated heterocycles. The molecule has 2 rings (SSSR count). The molecule has 0 bridgehead atoms. The Hall–Kier alpha value is -2.14. The molecule has 2 aromatic rings. The number of carbonyl (C=O) groups is 2. The van der Waals surface area contributed by atoms with Crippen LogP contribution in [0, 0.1) is 11.3 Å². The van der Waals surface area contributed by atoms with Gasteiger partial charge in [-0.3, -0.25) is 9.59 Å². The molecule has 2 amide bonds. The van der Waals surface area contributed by atoms with Gasteiger partial charge in [0.05, 0.1) is 12.6 Å². The Morgan fingerprint density at radius 3 is 2.26 bits per heavy atom. The number of nitrogens with one attached hydrogen (secondary N) is 2. The highest BCUT2D eigenvalue weighted by Gasteiger charge is 2.23. The molecule has 0 aliphatic heterocycles. The first-order chi connectivity index (χ1) is 12.7. The molecule has 1 aromatic carbocycles. The molecule has 0 spiro atoms. The minimum Gasteiger partial charge on any atom is -0.347 e. The summed E-state index contributed by atoms with van der Waals surface area (Å²) in [5.41, 5.74) is 1.82. The Labute approximate surface area is 166 Å². The average Bonchev–Trinajstić information content (AvgIpc) is 3.11. The lowest BCUT2D eigenvalue weighted by Crippen LogP contribution is -2.42. The first-order valence-corrected chi connectivity index (χ1v) is 10.2. The standard InChI is InChI=1S/C22H30N2O2S/c1-15(2)13-16-8-10-17(11-9-16)20(18-7-6-12-27-18)24-19(25)14-23-21(26)22(3,4)5/h6-12,15,20H,13-14H2,1-5H3,(H,23,26)(H,24,25). The van der Waals surface area contributed by atoms with Crippen molar-refractivity contribution in [1.82, 2.24) is 10.6 Å². The number of hydrogen-bond donors (Lipinski definition) is 2. The van der Waals surface area contributed by atoms with Crippen LogP contribution in [0.2, 0.25) is 0 Å². The van der Waals surface area contributed by atoms with Crippen molar-refractivity contribution in [3.8, 4) is 0 Å². The van der Waals surface area contributed by atoms with Crippen LogP contribution in [0.3, 0.4) is 0 Å². The SMILES string of the molecule is CC(C)Cc1ccc(C(NC(=O)CNC(=O)C(C)(C)C)c2cccs2)cc1. The predicted molar refractivity (Wildman–Crippen MR) is 112 cm³/mol. The second kappa shape index (κ2) is 9.18. The van der Waals surface area contributed by atoms with Crippen LogP contribution in [0.15, 0.2) is 41.8 Å². The largest absolute Gasteiger partial charge is 0.347 e. The predicted octanol–water partition coefficient (Wildman–Crippen LogP) is 4.31. The van der Waals surface area contributed by atoms with Crippen molar-refractivity contribution < 1.29 is 9.59 Å². The maximum atomic E-state index is 12.4. The van der Waals surface area contributed by atoms with Crippen LogP contribution in [0.4, 0.5) is 0 Å². The van der Waals surface area contributed by atoms with E-state index in [0.29, 0.717) is 5.92 Å². The molecule has 0 saturated carbocycles. The number of thiophene rings is 1. The van der Waals surface area contributed by atoms with Crippen molar-refractivity contribution in [3.05, 3.63) is 57.8 Å². The molecule has 146 valence electrons. The third kappa shape index (κ3) is 6.51. The van der Waals surface area contributed by atoms with Crippen molar-refractivity contribution in [2.75, 3.05) is 6.54 Å². The number of rotatable bonds is 7. The first kappa shape index (κ1) is 21.2. The Morgan fingerprint density at radius 2 is 1.74 bits per heavy atom. The Bertz CT molecular complexity index is 744. The highest BCUT2D eigenvalue weighted by atomic mass is 32.1. The van der Waals surface area contributed by atoms with E-state index in [1.54, 1.807) is 11.3 Å². The molecule has 4 nitrogen and oxygen atoms in total. The van der Waals surface area contributed by atoms with Crippen LogP contribution in [0.25, 0.3) is 0 Å². The van der Waals surface area contributed by atoms with Crippen LogP contribution in [-0.2, 0) is 16.0 Å². The lowest BCUT2D eigenvalue weighted by molar-refractivity contribution is -0.131. The summed E-state index contributed by atoms with van der Waals surface area (Å²) < 4.78 is 0. The zero-order chi connectivity index (χ0) is 20.0. The third-order valence-corrected chi connectivity index (χ3v) is 5.12. The van der Waals surface area contributed by atoms with Crippen molar-refractivity contribution in [2.24, 2.45) is 11.3 Å². The van der Waals surface area contributed by atoms with E-state index in [1.807, 2.05) is 38.3 Å². The van der Waals surface area contributed by atoms with Gasteiger partial charge < -0.3 is 10.6 Å². The second-order valence-electron chi connectivity index (χ2n) is 8.29. The van der Waals surface area contributed by atoms with Gasteiger partial charge >= 0.3 is 0 Å². The van der Waals surface area contributed by atoms with Gasteiger partial charge in [-0.05, 0) is 34.9 Å². The zero-order valence-corrected chi connectivity index (χ0v) is 17.7. The van der Waals surface area contributed by atoms with Crippen LogP contribution >= 0.6 is 11.3 Å². The summed E-state index contributed by atoms with van der Waals surface area (Å²) in [4.78, 5) is 25.5. The van der Waals surface area contributed by atoms with Crippen LogP contribution in [0.1, 0.15) is 56.7 Å². The molecule has 1 aromatic heterocycles. The van der Waals surface area contributed by atoms with E-state index < -0.39 is 5.41 Å². The highest BCUT2D eigenvalue weighted by molar-refractivity contribution is 7.10. The van der Waals surface area contributed by atoms with Gasteiger partial charge in [0.15, 0.2) is 0 Å². The van der Waals surface area contributed by atoms with Gasteiger partial charge in [-0.15, -0.1) is 11.3 Å². The van der Waals surface area contributed by atoms with Crippen LogP contribution < -0.4 is 10.6 Å². The molecular weight excluding hydrogens is 356 g/mol. The average molecular weight is 387 g/mol. The van der Waals surface area contributed by atoms with E-state index in [4.69, 9.17) is 0 Å². The van der Waals surface area contributed by atoms with Gasteiger partial charge in [0.1, 0.15) is 0 Å². The molecule has 5 heteroatoms. The Kier molecular flexibility index (Phi) is 7.19. The third-order valence-electron chi connectivity index (χ3n) is 4.18. The number of carbonyl (C=O) groups excluding carboxylic acids is 2. The second-order valence-corrected chi connectivity index (χ2v) is 9.27. The van der Waals surface area contributed by atoms with Gasteiger partial charge in [-0.2, -0.15) is 0 Å². The number of amides is 2. The zero-order valence-electron chi connectivity index (χ0n) is 16.8. The quantitative estimate of drug-likeness (QED) is 0.745. The van der Waals surface area contributed by atoms with Crippen LogP contribution in [-0.4, -0.2) is 18.4 Å². The summed E-state index contributed by atoms with van der Waals surface area (Å²) in [5.74, 6) is 0.274. The monoisotopic (exact) mass is 386 g/mol. The summed E-state index contributed by atoms with van der Waals surface area (Å²) >= 11 is 1.61. The van der Waals surface area contributed by atoms with Crippen LogP contribution in [0.5, 0.6) is 0 Å². The fraction of sp³-hybridized carbons (Fsp3) is 0.455. The summed E-state index contributed by atoms with van der Waals surface area (Å²) in [7, 11) is 0. The Balaban J connectivity index is 2.09. The maximum Gasteiger partial charge on any atom is 0.240 e. The van der Waals surface area contributed by atoms with Gasteiger partial charge in [0, 0.05) is 10.3 Å². The normalized spacial score (nSPS) is 12.7. The summed E-state index contributed by atoms with van der Waals surface area (Å²) in [6, 6.07) is 12.2. The smallest absolute Gasteiger partial charge is 0.240 e. The van der Waals surface area contributed by atoms with E-state index in [9.17, 15) is 9.59 Å². The van der Waals surface area contributed by atoms with E-state index >= 15 is 0 Å². The van der Waals surface area contributed by atoms with Crippen molar-refractivity contribution in [1.29, 1.82) is 0 Å². The molecule has 0 aliphatic carbocycles. The maximum absolute atomic E-state index is 12.4. The molecule has 0 radical (unpaired) electrons. The van der Waals surface area contributed by atoms with Crippen molar-refractivity contribution >= 4 is 23.2 Å². The van der Waals surface area contributed by atoms with Crippen molar-refractivity contribution in [3.63, 3.8) is 0 Å². The molecule has 1 unspecified atom stereocenters. The van der Waals surface area contributed by atoms with Gasteiger partial charge in [-0.25, -0.2) is 0 Å². The van der Waals surface area contributed by atoms with E-state index in [1.165, 1.54) is 5.56 Å². The highest BCUT2D eigenvalue weighted by Crippen LogP contribution is 2.26. The van der Waals surface area contributed by atoms with Crippen molar-refractivity contribution in [2.45, 2.75) is 47.1 Å². The number of hydrogen-bond acceptors (Lipinski definition) is 3. The first-order valence-electron chi connectivity index (χ1n) is 9.36. The van der Waals surface area contributed by atoms with E-state index in [2.05, 4.69) is 48.7 Å². The van der Waals surface area contributed by atoms with E-state index in [-0.39, 0.29) is 24.4 Å². The van der Waals surface area contributed by atoms with E-state index in [0.717, 1.165) is 16.9 Å². The molecule has 27 heavy (non-hydrogen) atoms. The lowest BCUT2D eigenvalue weighted by Gasteiger charge is -2.21.